The molecule has 1 aromatic heterocycles. The first-order chi connectivity index (χ1) is 10.1. The number of nitrogens with two attached hydrogens (primary N) is 1. The summed E-state index contributed by atoms with van der Waals surface area (Å²) in [5, 5.41) is 0. The van der Waals surface area contributed by atoms with Gasteiger partial charge < -0.3 is 19.9 Å². The Balaban J connectivity index is 2.53. The number of hydrogen-bond donors (Lipinski definition) is 1. The molecule has 2 aromatic rings. The van der Waals surface area contributed by atoms with E-state index in [1.54, 1.807) is 33.7 Å². The van der Waals surface area contributed by atoms with Gasteiger partial charge in [-0.05, 0) is 34.1 Å². The molecule has 0 spiro atoms. The Morgan fingerprint density at radius 1 is 1.00 bits per heavy atom. The van der Waals surface area contributed by atoms with Crippen molar-refractivity contribution in [1.29, 1.82) is 0 Å². The molecule has 0 saturated carbocycles. The number of benzene rings is 1. The van der Waals surface area contributed by atoms with Crippen LogP contribution in [0.25, 0.3) is 0 Å². The third-order valence-corrected chi connectivity index (χ3v) is 3.97. The lowest BCUT2D eigenvalue weighted by Crippen LogP contribution is -2.14. The summed E-state index contributed by atoms with van der Waals surface area (Å²) in [6.45, 7) is 0. The van der Waals surface area contributed by atoms with Gasteiger partial charge in [0.1, 0.15) is 21.7 Å². The Kier molecular flexibility index (Phi) is 5.03. The van der Waals surface area contributed by atoms with Gasteiger partial charge in [-0.3, -0.25) is 4.98 Å². The zero-order valence-corrected chi connectivity index (χ0v) is 13.7. The average Bonchev–Trinajstić information content (AvgIpc) is 2.53. The standard InChI is InChI=1S/C15H17BrN2O3/c1-19-11-5-4-10(15(21-3)13(11)16)14(17)9-6-7-18-8-12(9)20-2/h4-8,14H,17H2,1-3H3. The van der Waals surface area contributed by atoms with Gasteiger partial charge in [-0.2, -0.15) is 0 Å². The van der Waals surface area contributed by atoms with Crippen LogP contribution in [-0.2, 0) is 0 Å². The molecule has 1 unspecified atom stereocenters. The molecule has 1 aromatic carbocycles. The summed E-state index contributed by atoms with van der Waals surface area (Å²) in [5.41, 5.74) is 8.04. The Bertz CT molecular complexity index is 634. The maximum Gasteiger partial charge on any atom is 0.142 e. The second kappa shape index (κ2) is 6.78. The van der Waals surface area contributed by atoms with Crippen LogP contribution in [0, 0.1) is 0 Å². The fourth-order valence-corrected chi connectivity index (χ4v) is 2.83. The number of hydrogen-bond acceptors (Lipinski definition) is 5. The van der Waals surface area contributed by atoms with Gasteiger partial charge in [0, 0.05) is 17.3 Å². The molecular weight excluding hydrogens is 336 g/mol. The van der Waals surface area contributed by atoms with Crippen LogP contribution in [0.15, 0.2) is 35.1 Å². The van der Waals surface area contributed by atoms with Gasteiger partial charge >= 0.3 is 0 Å². The predicted octanol–water partition coefficient (Wildman–Crippen LogP) is 2.92. The van der Waals surface area contributed by atoms with Crippen molar-refractivity contribution in [2.45, 2.75) is 6.04 Å². The topological polar surface area (TPSA) is 66.6 Å². The van der Waals surface area contributed by atoms with Gasteiger partial charge in [-0.1, -0.05) is 0 Å². The van der Waals surface area contributed by atoms with E-state index in [1.807, 2.05) is 18.2 Å². The summed E-state index contributed by atoms with van der Waals surface area (Å²) in [4.78, 5) is 4.04. The van der Waals surface area contributed by atoms with Crippen LogP contribution in [0.4, 0.5) is 0 Å². The van der Waals surface area contributed by atoms with Crippen LogP contribution in [0.1, 0.15) is 17.2 Å². The largest absolute Gasteiger partial charge is 0.495 e. The van der Waals surface area contributed by atoms with Crippen molar-refractivity contribution in [1.82, 2.24) is 4.98 Å². The summed E-state index contributed by atoms with van der Waals surface area (Å²) in [6, 6.07) is 5.16. The molecule has 21 heavy (non-hydrogen) atoms. The Labute approximate surface area is 132 Å². The minimum Gasteiger partial charge on any atom is -0.495 e. The van der Waals surface area contributed by atoms with E-state index >= 15 is 0 Å². The molecule has 1 atom stereocenters. The van der Waals surface area contributed by atoms with E-state index in [0.29, 0.717) is 17.2 Å². The molecule has 5 nitrogen and oxygen atoms in total. The van der Waals surface area contributed by atoms with E-state index in [-0.39, 0.29) is 0 Å². The summed E-state index contributed by atoms with van der Waals surface area (Å²) < 4.78 is 16.8. The van der Waals surface area contributed by atoms with Gasteiger partial charge in [-0.25, -0.2) is 0 Å². The molecule has 6 heteroatoms. The van der Waals surface area contributed by atoms with Crippen molar-refractivity contribution in [3.05, 3.63) is 46.2 Å². The van der Waals surface area contributed by atoms with E-state index in [2.05, 4.69) is 20.9 Å². The molecule has 0 radical (unpaired) electrons. The molecule has 0 saturated heterocycles. The van der Waals surface area contributed by atoms with Crippen molar-refractivity contribution >= 4 is 15.9 Å². The molecule has 0 amide bonds. The average molecular weight is 353 g/mol. The molecule has 112 valence electrons. The third kappa shape index (κ3) is 2.96. The number of halogens is 1. The van der Waals surface area contributed by atoms with E-state index in [1.165, 1.54) is 0 Å². The number of rotatable bonds is 5. The number of aromatic nitrogens is 1. The fourth-order valence-electron chi connectivity index (χ4n) is 2.15. The zero-order chi connectivity index (χ0) is 15.4. The maximum absolute atomic E-state index is 6.38. The van der Waals surface area contributed by atoms with Crippen molar-refractivity contribution in [3.63, 3.8) is 0 Å². The summed E-state index contributed by atoms with van der Waals surface area (Å²) in [7, 11) is 4.79. The normalized spacial score (nSPS) is 11.9. The molecule has 1 heterocycles. The van der Waals surface area contributed by atoms with E-state index in [9.17, 15) is 0 Å². The monoisotopic (exact) mass is 352 g/mol. The van der Waals surface area contributed by atoms with Gasteiger partial charge in [-0.15, -0.1) is 0 Å². The second-order valence-corrected chi connectivity index (χ2v) is 5.09. The highest BCUT2D eigenvalue weighted by molar-refractivity contribution is 9.10. The van der Waals surface area contributed by atoms with Crippen LogP contribution >= 0.6 is 15.9 Å². The van der Waals surface area contributed by atoms with Crippen LogP contribution in [0.2, 0.25) is 0 Å². The summed E-state index contributed by atoms with van der Waals surface area (Å²) in [6.07, 6.45) is 3.32. The first kappa shape index (κ1) is 15.6. The highest BCUT2D eigenvalue weighted by Crippen LogP contribution is 2.41. The molecular formula is C15H17BrN2O3. The Morgan fingerprint density at radius 2 is 1.71 bits per heavy atom. The van der Waals surface area contributed by atoms with E-state index < -0.39 is 6.04 Å². The lowest BCUT2D eigenvalue weighted by Gasteiger charge is -2.20. The van der Waals surface area contributed by atoms with Gasteiger partial charge in [0.15, 0.2) is 0 Å². The van der Waals surface area contributed by atoms with Crippen LogP contribution in [0.3, 0.4) is 0 Å². The highest BCUT2D eigenvalue weighted by atomic mass is 79.9. The van der Waals surface area contributed by atoms with Crippen LogP contribution in [0.5, 0.6) is 17.2 Å². The first-order valence-corrected chi connectivity index (χ1v) is 7.07. The number of methoxy groups -OCH3 is 3. The van der Waals surface area contributed by atoms with Crippen LogP contribution < -0.4 is 19.9 Å². The minimum atomic E-state index is -0.403. The Morgan fingerprint density at radius 3 is 2.33 bits per heavy atom. The van der Waals surface area contributed by atoms with Crippen LogP contribution in [-0.4, -0.2) is 26.3 Å². The molecule has 0 bridgehead atoms. The smallest absolute Gasteiger partial charge is 0.142 e. The summed E-state index contributed by atoms with van der Waals surface area (Å²) >= 11 is 3.48. The minimum absolute atomic E-state index is 0.403. The maximum atomic E-state index is 6.38. The van der Waals surface area contributed by atoms with Gasteiger partial charge in [0.2, 0.25) is 0 Å². The molecule has 2 rings (SSSR count). The number of pyridine rings is 1. The van der Waals surface area contributed by atoms with Crippen molar-refractivity contribution in [3.8, 4) is 17.2 Å². The van der Waals surface area contributed by atoms with Crippen molar-refractivity contribution in [2.75, 3.05) is 21.3 Å². The molecule has 0 aliphatic carbocycles. The fraction of sp³-hybridized carbons (Fsp3) is 0.267. The van der Waals surface area contributed by atoms with Crippen molar-refractivity contribution < 1.29 is 14.2 Å². The number of ether oxygens (including phenoxy) is 3. The lowest BCUT2D eigenvalue weighted by atomic mass is 9.98. The third-order valence-electron chi connectivity index (χ3n) is 3.22. The van der Waals surface area contributed by atoms with E-state index in [4.69, 9.17) is 19.9 Å². The number of nitrogens with zero attached hydrogens (tertiary/aromatic N) is 1. The Hall–Kier alpha value is -1.79. The van der Waals surface area contributed by atoms with E-state index in [0.717, 1.165) is 15.6 Å². The quantitative estimate of drug-likeness (QED) is 0.895. The van der Waals surface area contributed by atoms with Crippen molar-refractivity contribution in [2.24, 2.45) is 5.73 Å². The highest BCUT2D eigenvalue weighted by Gasteiger charge is 2.21. The zero-order valence-electron chi connectivity index (χ0n) is 12.1. The molecule has 0 fully saturated rings. The molecule has 2 N–H and O–H groups in total. The molecule has 0 aliphatic rings. The van der Waals surface area contributed by atoms with Gasteiger partial charge in [0.05, 0.1) is 33.6 Å². The predicted molar refractivity (Wildman–Crippen MR) is 84.1 cm³/mol. The SMILES string of the molecule is COc1cnccc1C(N)c1ccc(OC)c(Br)c1OC. The first-order valence-electron chi connectivity index (χ1n) is 6.27. The summed E-state index contributed by atoms with van der Waals surface area (Å²) in [5.74, 6) is 1.96. The second-order valence-electron chi connectivity index (χ2n) is 4.30. The lowest BCUT2D eigenvalue weighted by molar-refractivity contribution is 0.383. The van der Waals surface area contributed by atoms with Gasteiger partial charge in [0.25, 0.3) is 0 Å². The molecule has 0 aliphatic heterocycles.